The van der Waals surface area contributed by atoms with Crippen molar-refractivity contribution in [1.29, 1.82) is 0 Å². The van der Waals surface area contributed by atoms with Gasteiger partial charge in [-0.3, -0.25) is 10.1 Å². The molecule has 1 aromatic heterocycles. The van der Waals surface area contributed by atoms with Gasteiger partial charge < -0.3 is 10.1 Å². The van der Waals surface area contributed by atoms with Crippen LogP contribution in [0.3, 0.4) is 0 Å². The molecule has 9 nitrogen and oxygen atoms in total. The summed E-state index contributed by atoms with van der Waals surface area (Å²) in [6.07, 6.45) is 0. The van der Waals surface area contributed by atoms with E-state index in [2.05, 4.69) is 25.3 Å². The Kier molecular flexibility index (Phi) is 7.46. The number of hydrogen-bond donors (Lipinski definition) is 3. The lowest BCUT2D eigenvalue weighted by Crippen LogP contribution is -2.34. The highest BCUT2D eigenvalue weighted by molar-refractivity contribution is 7.92. The number of sulfonamides is 1. The number of nitrogens with zero attached hydrogens (tertiary/aromatic N) is 2. The highest BCUT2D eigenvalue weighted by atomic mass is 35.5. The third-order valence-corrected chi connectivity index (χ3v) is 6.12. The van der Waals surface area contributed by atoms with Gasteiger partial charge in [-0.25, -0.2) is 23.1 Å². The van der Waals surface area contributed by atoms with E-state index in [-0.39, 0.29) is 16.0 Å². The topological polar surface area (TPSA) is 122 Å². The molecule has 0 aliphatic heterocycles. The fraction of sp³-hybridized carbons (Fsp3) is 0.143. The van der Waals surface area contributed by atoms with Crippen molar-refractivity contribution in [2.75, 3.05) is 17.1 Å². The standard InChI is InChI=1S/C21H20ClN5O4S2/c1-12-10-13(2)24-20(23-12)27-33(29,30)16-7-5-15(6-8-16)25-21(32)26-19(28)14-4-9-18(31-3)17(22)11-14/h4-11H,1-3H3,(H,23,24,27)(H2,25,26,28,32). The van der Waals surface area contributed by atoms with Gasteiger partial charge in [-0.2, -0.15) is 0 Å². The number of anilines is 2. The molecule has 0 saturated carbocycles. The molecule has 0 unspecified atom stereocenters. The molecule has 172 valence electrons. The molecule has 0 saturated heterocycles. The van der Waals surface area contributed by atoms with Crippen molar-refractivity contribution >= 4 is 56.5 Å². The normalized spacial score (nSPS) is 10.9. The lowest BCUT2D eigenvalue weighted by atomic mass is 10.2. The number of nitrogens with one attached hydrogen (secondary N) is 3. The second-order valence-electron chi connectivity index (χ2n) is 6.86. The third-order valence-electron chi connectivity index (χ3n) is 4.27. The summed E-state index contributed by atoms with van der Waals surface area (Å²) < 4.78 is 32.7. The Labute approximate surface area is 201 Å². The summed E-state index contributed by atoms with van der Waals surface area (Å²) in [5, 5.41) is 5.68. The molecule has 0 spiro atoms. The second kappa shape index (κ2) is 10.1. The minimum Gasteiger partial charge on any atom is -0.495 e. The van der Waals surface area contributed by atoms with E-state index in [0.29, 0.717) is 33.4 Å². The van der Waals surface area contributed by atoms with E-state index in [1.54, 1.807) is 32.0 Å². The SMILES string of the molecule is COc1ccc(C(=O)NC(=S)Nc2ccc(S(=O)(=O)Nc3nc(C)cc(C)n3)cc2)cc1Cl. The minimum absolute atomic E-state index is 0.00257. The van der Waals surface area contributed by atoms with Gasteiger partial charge >= 0.3 is 0 Å². The van der Waals surface area contributed by atoms with Crippen molar-refractivity contribution in [3.05, 3.63) is 70.5 Å². The first kappa shape index (κ1) is 24.4. The summed E-state index contributed by atoms with van der Waals surface area (Å²) in [5.74, 6) is -0.0197. The molecule has 0 atom stereocenters. The maximum absolute atomic E-state index is 12.6. The number of carbonyl (C=O) groups excluding carboxylic acids is 1. The number of benzene rings is 2. The van der Waals surface area contributed by atoms with Crippen LogP contribution < -0.4 is 20.1 Å². The van der Waals surface area contributed by atoms with Crippen LogP contribution >= 0.6 is 23.8 Å². The zero-order chi connectivity index (χ0) is 24.2. The molecule has 0 aliphatic rings. The van der Waals surface area contributed by atoms with Crippen LogP contribution in [0.2, 0.25) is 5.02 Å². The van der Waals surface area contributed by atoms with Crippen molar-refractivity contribution in [2.24, 2.45) is 0 Å². The van der Waals surface area contributed by atoms with Gasteiger partial charge in [0.05, 0.1) is 17.0 Å². The first-order chi connectivity index (χ1) is 15.6. The van der Waals surface area contributed by atoms with Crippen molar-refractivity contribution in [2.45, 2.75) is 18.7 Å². The molecule has 3 aromatic rings. The van der Waals surface area contributed by atoms with Gasteiger partial charge in [0.15, 0.2) is 5.11 Å². The molecule has 1 heterocycles. The van der Waals surface area contributed by atoms with E-state index in [1.807, 2.05) is 0 Å². The molecule has 1 amide bonds. The van der Waals surface area contributed by atoms with E-state index in [9.17, 15) is 13.2 Å². The number of hydrogen-bond acceptors (Lipinski definition) is 7. The molecule has 0 radical (unpaired) electrons. The lowest BCUT2D eigenvalue weighted by Gasteiger charge is -2.12. The van der Waals surface area contributed by atoms with Gasteiger partial charge in [-0.1, -0.05) is 11.6 Å². The number of amides is 1. The Bertz CT molecular complexity index is 1290. The number of carbonyl (C=O) groups is 1. The summed E-state index contributed by atoms with van der Waals surface area (Å²) in [6.45, 7) is 3.50. The van der Waals surface area contributed by atoms with Crippen molar-refractivity contribution in [3.63, 3.8) is 0 Å². The van der Waals surface area contributed by atoms with Crippen LogP contribution in [0.15, 0.2) is 53.4 Å². The second-order valence-corrected chi connectivity index (χ2v) is 9.36. The highest BCUT2D eigenvalue weighted by Crippen LogP contribution is 2.25. The zero-order valence-electron chi connectivity index (χ0n) is 17.8. The van der Waals surface area contributed by atoms with Crippen LogP contribution in [-0.2, 0) is 10.0 Å². The molecule has 12 heteroatoms. The minimum atomic E-state index is -3.89. The summed E-state index contributed by atoms with van der Waals surface area (Å²) in [5.41, 5.74) is 2.07. The maximum Gasteiger partial charge on any atom is 0.264 e. The lowest BCUT2D eigenvalue weighted by molar-refractivity contribution is 0.0977. The summed E-state index contributed by atoms with van der Waals surface area (Å²) in [7, 11) is -2.41. The average Bonchev–Trinajstić information content (AvgIpc) is 2.72. The number of ether oxygens (including phenoxy) is 1. The number of rotatable bonds is 6. The predicted octanol–water partition coefficient (Wildman–Crippen LogP) is 3.68. The maximum atomic E-state index is 12.6. The Balaban J connectivity index is 1.64. The zero-order valence-corrected chi connectivity index (χ0v) is 20.2. The molecule has 2 aromatic carbocycles. The molecule has 3 N–H and O–H groups in total. The fourth-order valence-electron chi connectivity index (χ4n) is 2.81. The van der Waals surface area contributed by atoms with Crippen LogP contribution in [0.25, 0.3) is 0 Å². The summed E-state index contributed by atoms with van der Waals surface area (Å²) in [6, 6.07) is 12.1. The summed E-state index contributed by atoms with van der Waals surface area (Å²) >= 11 is 11.2. The average molecular weight is 506 g/mol. The Morgan fingerprint density at radius 3 is 2.24 bits per heavy atom. The highest BCUT2D eigenvalue weighted by Gasteiger charge is 2.16. The van der Waals surface area contributed by atoms with Crippen LogP contribution in [-0.4, -0.2) is 36.5 Å². The van der Waals surface area contributed by atoms with Crippen molar-refractivity contribution in [1.82, 2.24) is 15.3 Å². The smallest absolute Gasteiger partial charge is 0.264 e. The number of thiocarbonyl (C=S) groups is 1. The Hall–Kier alpha value is -3.28. The molecule has 0 bridgehead atoms. The van der Waals surface area contributed by atoms with Crippen molar-refractivity contribution < 1.29 is 17.9 Å². The van der Waals surface area contributed by atoms with Gasteiger partial charge in [0.1, 0.15) is 5.75 Å². The number of aryl methyl sites for hydroxylation is 2. The van der Waals surface area contributed by atoms with E-state index in [1.165, 1.54) is 37.4 Å². The van der Waals surface area contributed by atoms with E-state index < -0.39 is 15.9 Å². The molecule has 33 heavy (non-hydrogen) atoms. The molecule has 0 fully saturated rings. The van der Waals surface area contributed by atoms with Crippen LogP contribution in [0.1, 0.15) is 21.7 Å². The van der Waals surface area contributed by atoms with E-state index >= 15 is 0 Å². The number of halogens is 1. The summed E-state index contributed by atoms with van der Waals surface area (Å²) in [4.78, 5) is 20.5. The van der Waals surface area contributed by atoms with Crippen LogP contribution in [0, 0.1) is 13.8 Å². The molecule has 0 aliphatic carbocycles. The third kappa shape index (κ3) is 6.37. The number of methoxy groups -OCH3 is 1. The first-order valence-electron chi connectivity index (χ1n) is 9.48. The van der Waals surface area contributed by atoms with Gasteiger partial charge in [0.2, 0.25) is 5.95 Å². The van der Waals surface area contributed by atoms with Gasteiger partial charge in [0, 0.05) is 22.6 Å². The van der Waals surface area contributed by atoms with Gasteiger partial charge in [0.25, 0.3) is 15.9 Å². The van der Waals surface area contributed by atoms with E-state index in [0.717, 1.165) is 0 Å². The molecule has 3 rings (SSSR count). The largest absolute Gasteiger partial charge is 0.495 e. The first-order valence-corrected chi connectivity index (χ1v) is 11.8. The van der Waals surface area contributed by atoms with E-state index in [4.69, 9.17) is 28.6 Å². The predicted molar refractivity (Wildman–Crippen MR) is 130 cm³/mol. The monoisotopic (exact) mass is 505 g/mol. The Morgan fingerprint density at radius 1 is 1.03 bits per heavy atom. The Morgan fingerprint density at radius 2 is 1.67 bits per heavy atom. The van der Waals surface area contributed by atoms with Gasteiger partial charge in [-0.05, 0) is 74.6 Å². The van der Waals surface area contributed by atoms with Crippen LogP contribution in [0.4, 0.5) is 11.6 Å². The fourth-order valence-corrected chi connectivity index (χ4v) is 4.23. The molecular formula is C21H20ClN5O4S2. The quantitative estimate of drug-likeness (QED) is 0.433. The van der Waals surface area contributed by atoms with Crippen LogP contribution in [0.5, 0.6) is 5.75 Å². The van der Waals surface area contributed by atoms with Crippen molar-refractivity contribution in [3.8, 4) is 5.75 Å². The number of aromatic nitrogens is 2. The molecular weight excluding hydrogens is 486 g/mol. The van der Waals surface area contributed by atoms with Gasteiger partial charge in [-0.15, -0.1) is 0 Å².